The molecule has 2 atom stereocenters. The summed E-state index contributed by atoms with van der Waals surface area (Å²) in [5, 5.41) is 5.62. The van der Waals surface area contributed by atoms with E-state index in [-0.39, 0.29) is 24.3 Å². The number of carbonyl (C=O) groups is 3. The first-order valence-electron chi connectivity index (χ1n) is 8.82. The highest BCUT2D eigenvalue weighted by Crippen LogP contribution is 2.38. The average Bonchev–Trinajstić information content (AvgIpc) is 2.84. The summed E-state index contributed by atoms with van der Waals surface area (Å²) in [6.07, 6.45) is 7.65. The van der Waals surface area contributed by atoms with Gasteiger partial charge in [-0.05, 0) is 36.8 Å². The van der Waals surface area contributed by atoms with E-state index in [0.717, 1.165) is 29.7 Å². The number of imide groups is 1. The first-order valence-corrected chi connectivity index (χ1v) is 8.82. The number of nitrogens with zero attached hydrogens (tertiary/aromatic N) is 2. The Morgan fingerprint density at radius 2 is 2.28 bits per heavy atom. The van der Waals surface area contributed by atoms with Gasteiger partial charge in [-0.3, -0.25) is 19.5 Å². The fraction of sp³-hybridized carbons (Fsp3) is 0.556. The van der Waals surface area contributed by atoms with Crippen LogP contribution in [0.4, 0.5) is 4.79 Å². The molecular weight excluding hydrogens is 320 g/mol. The topological polar surface area (TPSA) is 91.4 Å². The number of nitrogens with one attached hydrogen (secondary N) is 2. The van der Waals surface area contributed by atoms with Crippen molar-refractivity contribution in [2.24, 2.45) is 5.92 Å². The van der Waals surface area contributed by atoms with Gasteiger partial charge in [0.25, 0.3) is 5.91 Å². The Kier molecular flexibility index (Phi) is 5.01. The Labute approximate surface area is 147 Å². The third-order valence-electron chi connectivity index (χ3n) is 5.26. The van der Waals surface area contributed by atoms with Crippen molar-refractivity contribution in [1.29, 1.82) is 0 Å². The number of urea groups is 1. The van der Waals surface area contributed by atoms with Crippen molar-refractivity contribution in [2.75, 3.05) is 13.1 Å². The smallest absolute Gasteiger partial charge is 0.325 e. The molecule has 1 aliphatic carbocycles. The standard InChI is InChI=1S/C18H24N4O3/c1-13-5-2-3-8-18(13)16(24)22(17(25)21-18)12-15(23)20-10-7-14-6-4-9-19-11-14/h4,6,9,11,13H,2-3,5,7-8,10,12H2,1H3,(H,20,23)(H,21,25)/t13-,18-/m0/s1. The fourth-order valence-corrected chi connectivity index (χ4v) is 3.73. The quantitative estimate of drug-likeness (QED) is 0.786. The number of rotatable bonds is 5. The van der Waals surface area contributed by atoms with Gasteiger partial charge in [0.1, 0.15) is 12.1 Å². The van der Waals surface area contributed by atoms with Crippen molar-refractivity contribution in [1.82, 2.24) is 20.5 Å². The Bertz CT molecular complexity index is 664. The van der Waals surface area contributed by atoms with Crippen molar-refractivity contribution in [3.05, 3.63) is 30.1 Å². The van der Waals surface area contributed by atoms with Crippen LogP contribution in [0.5, 0.6) is 0 Å². The minimum absolute atomic E-state index is 0.0938. The predicted octanol–water partition coefficient (Wildman–Crippen LogP) is 1.24. The average molecular weight is 344 g/mol. The largest absolute Gasteiger partial charge is 0.354 e. The van der Waals surface area contributed by atoms with Gasteiger partial charge in [-0.1, -0.05) is 25.8 Å². The number of hydrogen-bond acceptors (Lipinski definition) is 4. The molecule has 2 aliphatic rings. The molecular formula is C18H24N4O3. The third kappa shape index (κ3) is 3.50. The van der Waals surface area contributed by atoms with E-state index >= 15 is 0 Å². The normalized spacial score (nSPS) is 26.0. The van der Waals surface area contributed by atoms with E-state index in [0.29, 0.717) is 19.4 Å². The van der Waals surface area contributed by atoms with Gasteiger partial charge in [0.05, 0.1) is 0 Å². The second kappa shape index (κ2) is 7.21. The summed E-state index contributed by atoms with van der Waals surface area (Å²) >= 11 is 0. The van der Waals surface area contributed by atoms with Crippen LogP contribution in [0.15, 0.2) is 24.5 Å². The van der Waals surface area contributed by atoms with Crippen LogP contribution >= 0.6 is 0 Å². The fourth-order valence-electron chi connectivity index (χ4n) is 3.73. The van der Waals surface area contributed by atoms with Crippen LogP contribution in [0.3, 0.4) is 0 Å². The van der Waals surface area contributed by atoms with Crippen LogP contribution in [0.2, 0.25) is 0 Å². The Morgan fingerprint density at radius 3 is 3.00 bits per heavy atom. The highest BCUT2D eigenvalue weighted by molar-refractivity contribution is 6.09. The molecule has 1 saturated carbocycles. The lowest BCUT2D eigenvalue weighted by Crippen LogP contribution is -2.54. The molecule has 0 bridgehead atoms. The van der Waals surface area contributed by atoms with E-state index in [9.17, 15) is 14.4 Å². The van der Waals surface area contributed by atoms with Gasteiger partial charge in [-0.15, -0.1) is 0 Å². The Balaban J connectivity index is 1.54. The molecule has 1 aliphatic heterocycles. The molecule has 0 unspecified atom stereocenters. The second-order valence-electron chi connectivity index (χ2n) is 6.90. The minimum atomic E-state index is -0.814. The van der Waals surface area contributed by atoms with Crippen molar-refractivity contribution in [3.63, 3.8) is 0 Å². The molecule has 2 N–H and O–H groups in total. The highest BCUT2D eigenvalue weighted by atomic mass is 16.2. The number of pyridine rings is 1. The molecule has 25 heavy (non-hydrogen) atoms. The van der Waals surface area contributed by atoms with E-state index < -0.39 is 11.6 Å². The van der Waals surface area contributed by atoms with Gasteiger partial charge >= 0.3 is 6.03 Å². The molecule has 1 spiro atoms. The first kappa shape index (κ1) is 17.4. The van der Waals surface area contributed by atoms with Crippen molar-refractivity contribution in [2.45, 2.75) is 44.6 Å². The predicted molar refractivity (Wildman–Crippen MR) is 91.6 cm³/mol. The van der Waals surface area contributed by atoms with Crippen LogP contribution in [-0.2, 0) is 16.0 Å². The molecule has 134 valence electrons. The monoisotopic (exact) mass is 344 g/mol. The van der Waals surface area contributed by atoms with Crippen molar-refractivity contribution < 1.29 is 14.4 Å². The summed E-state index contributed by atoms with van der Waals surface area (Å²) in [5.41, 5.74) is 0.207. The number of aromatic nitrogens is 1. The van der Waals surface area contributed by atoms with Gasteiger partial charge in [0.2, 0.25) is 5.91 Å². The summed E-state index contributed by atoms with van der Waals surface area (Å²) in [5.74, 6) is -0.489. The molecule has 7 heteroatoms. The van der Waals surface area contributed by atoms with E-state index in [4.69, 9.17) is 0 Å². The van der Waals surface area contributed by atoms with Crippen molar-refractivity contribution >= 4 is 17.8 Å². The molecule has 3 rings (SSSR count). The Morgan fingerprint density at radius 1 is 1.44 bits per heavy atom. The second-order valence-corrected chi connectivity index (χ2v) is 6.90. The van der Waals surface area contributed by atoms with E-state index in [1.165, 1.54) is 0 Å². The van der Waals surface area contributed by atoms with Crippen LogP contribution < -0.4 is 10.6 Å². The molecule has 1 saturated heterocycles. The van der Waals surface area contributed by atoms with Gasteiger partial charge in [0, 0.05) is 18.9 Å². The summed E-state index contributed by atoms with van der Waals surface area (Å²) in [6, 6.07) is 3.32. The highest BCUT2D eigenvalue weighted by Gasteiger charge is 2.55. The van der Waals surface area contributed by atoms with Gasteiger partial charge in [0.15, 0.2) is 0 Å². The van der Waals surface area contributed by atoms with Crippen LogP contribution in [0.25, 0.3) is 0 Å². The van der Waals surface area contributed by atoms with E-state index in [2.05, 4.69) is 15.6 Å². The SMILES string of the molecule is C[C@H]1CCCC[C@]12NC(=O)N(CC(=O)NCCc1cccnc1)C2=O. The van der Waals surface area contributed by atoms with Crippen LogP contribution in [0, 0.1) is 5.92 Å². The van der Waals surface area contributed by atoms with Gasteiger partial charge < -0.3 is 10.6 Å². The summed E-state index contributed by atoms with van der Waals surface area (Å²) in [4.78, 5) is 42.2. The van der Waals surface area contributed by atoms with Gasteiger partial charge in [-0.2, -0.15) is 0 Å². The lowest BCUT2D eigenvalue weighted by molar-refractivity contribution is -0.137. The number of hydrogen-bond donors (Lipinski definition) is 2. The van der Waals surface area contributed by atoms with Gasteiger partial charge in [-0.25, -0.2) is 4.79 Å². The summed E-state index contributed by atoms with van der Waals surface area (Å²) < 4.78 is 0. The zero-order valence-electron chi connectivity index (χ0n) is 14.5. The molecule has 1 aromatic heterocycles. The molecule has 2 heterocycles. The third-order valence-corrected chi connectivity index (χ3v) is 5.26. The zero-order valence-corrected chi connectivity index (χ0v) is 14.5. The molecule has 0 radical (unpaired) electrons. The first-order chi connectivity index (χ1) is 12.0. The molecule has 1 aromatic rings. The van der Waals surface area contributed by atoms with E-state index in [1.807, 2.05) is 19.1 Å². The zero-order chi connectivity index (χ0) is 17.9. The molecule has 0 aromatic carbocycles. The minimum Gasteiger partial charge on any atom is -0.354 e. The maximum atomic E-state index is 12.8. The Hall–Kier alpha value is -2.44. The molecule has 4 amide bonds. The maximum Gasteiger partial charge on any atom is 0.325 e. The molecule has 7 nitrogen and oxygen atoms in total. The van der Waals surface area contributed by atoms with E-state index in [1.54, 1.807) is 12.4 Å². The summed E-state index contributed by atoms with van der Waals surface area (Å²) in [6.45, 7) is 2.21. The van der Waals surface area contributed by atoms with Crippen molar-refractivity contribution in [3.8, 4) is 0 Å². The number of amides is 4. The lowest BCUT2D eigenvalue weighted by Gasteiger charge is -2.36. The lowest BCUT2D eigenvalue weighted by atomic mass is 9.73. The summed E-state index contributed by atoms with van der Waals surface area (Å²) in [7, 11) is 0. The maximum absolute atomic E-state index is 12.8. The van der Waals surface area contributed by atoms with Crippen LogP contribution in [0.1, 0.15) is 38.2 Å². The molecule has 2 fully saturated rings. The van der Waals surface area contributed by atoms with Crippen LogP contribution in [-0.4, -0.2) is 46.4 Å². The number of carbonyl (C=O) groups excluding carboxylic acids is 3.